The second kappa shape index (κ2) is 10.6. The van der Waals surface area contributed by atoms with Crippen LogP contribution in [0.1, 0.15) is 28.8 Å². The molecular formula is C29H29N7O3. The maximum absolute atomic E-state index is 13.1. The average molecular weight is 524 g/mol. The highest BCUT2D eigenvalue weighted by molar-refractivity contribution is 6.03. The van der Waals surface area contributed by atoms with E-state index in [1.54, 1.807) is 19.4 Å². The summed E-state index contributed by atoms with van der Waals surface area (Å²) in [6.07, 6.45) is 2.92. The average Bonchev–Trinajstić information content (AvgIpc) is 3.57. The molecule has 0 radical (unpaired) electrons. The van der Waals surface area contributed by atoms with E-state index in [0.717, 1.165) is 53.2 Å². The number of fused-ring (bicyclic) bond motifs is 1. The summed E-state index contributed by atoms with van der Waals surface area (Å²) >= 11 is 0. The van der Waals surface area contributed by atoms with Crippen molar-refractivity contribution in [3.63, 3.8) is 0 Å². The fourth-order valence-corrected chi connectivity index (χ4v) is 4.83. The number of pyridine rings is 1. The number of β-amino-alcohol motifs (C(OH)–C–C–N with tert-alkyl or cyclic N) is 1. The summed E-state index contributed by atoms with van der Waals surface area (Å²) in [7, 11) is 1.64. The molecule has 0 aliphatic carbocycles. The van der Waals surface area contributed by atoms with Crippen LogP contribution in [-0.2, 0) is 6.54 Å². The molecule has 1 amide bonds. The van der Waals surface area contributed by atoms with Crippen LogP contribution < -0.4 is 15.0 Å². The van der Waals surface area contributed by atoms with Gasteiger partial charge in [-0.2, -0.15) is 5.10 Å². The van der Waals surface area contributed by atoms with Crippen LogP contribution in [0.4, 0.5) is 11.6 Å². The van der Waals surface area contributed by atoms with Crippen molar-refractivity contribution in [3.05, 3.63) is 84.1 Å². The second-order valence-electron chi connectivity index (χ2n) is 9.62. The molecule has 1 fully saturated rings. The van der Waals surface area contributed by atoms with Crippen molar-refractivity contribution in [2.24, 2.45) is 0 Å². The number of piperidine rings is 1. The molecule has 0 spiro atoms. The van der Waals surface area contributed by atoms with Crippen LogP contribution >= 0.6 is 0 Å². The van der Waals surface area contributed by atoms with Gasteiger partial charge in [-0.05, 0) is 54.8 Å². The third kappa shape index (κ3) is 5.32. The van der Waals surface area contributed by atoms with Crippen LogP contribution in [0, 0.1) is 0 Å². The number of H-pyrrole nitrogens is 1. The standard InChI is InChI=1S/C29H29N7O3/c1-39-22-11-8-19(9-12-22)17-36-25(28-31-23-6-2-3-7-24(23)32-28)15-26(34-36)33-29(38)20-10-13-27(30-16-20)35-14-4-5-21(37)18-35/h2-3,6-13,15-16,21,37H,4-5,14,17-18H2,1H3,(H,31,32)(H,33,34,38). The van der Waals surface area contributed by atoms with E-state index in [4.69, 9.17) is 14.8 Å². The summed E-state index contributed by atoms with van der Waals surface area (Å²) < 4.78 is 7.10. The third-order valence-corrected chi connectivity index (χ3v) is 6.88. The van der Waals surface area contributed by atoms with Crippen LogP contribution in [0.15, 0.2) is 72.9 Å². The first-order valence-corrected chi connectivity index (χ1v) is 12.9. The van der Waals surface area contributed by atoms with Crippen molar-refractivity contribution in [3.8, 4) is 17.3 Å². The van der Waals surface area contributed by atoms with Gasteiger partial charge in [-0.1, -0.05) is 24.3 Å². The number of aliphatic hydroxyl groups is 1. The number of ether oxygens (including phenoxy) is 1. The number of para-hydroxylation sites is 2. The number of nitrogens with zero attached hydrogens (tertiary/aromatic N) is 5. The number of amides is 1. The Morgan fingerprint density at radius 2 is 2.00 bits per heavy atom. The lowest BCUT2D eigenvalue weighted by Gasteiger charge is -2.30. The van der Waals surface area contributed by atoms with Gasteiger partial charge in [0.1, 0.15) is 17.3 Å². The molecule has 1 aliphatic heterocycles. The zero-order valence-corrected chi connectivity index (χ0v) is 21.5. The predicted molar refractivity (Wildman–Crippen MR) is 149 cm³/mol. The van der Waals surface area contributed by atoms with Gasteiger partial charge >= 0.3 is 0 Å². The number of aromatic amines is 1. The van der Waals surface area contributed by atoms with E-state index in [1.807, 2.05) is 70.2 Å². The third-order valence-electron chi connectivity index (χ3n) is 6.88. The van der Waals surface area contributed by atoms with Gasteiger partial charge in [0, 0.05) is 25.4 Å². The Labute approximate surface area is 225 Å². The first-order valence-electron chi connectivity index (χ1n) is 12.9. The van der Waals surface area contributed by atoms with Crippen molar-refractivity contribution >= 4 is 28.6 Å². The van der Waals surface area contributed by atoms with Gasteiger partial charge in [0.15, 0.2) is 11.6 Å². The van der Waals surface area contributed by atoms with Crippen LogP contribution in [0.5, 0.6) is 5.75 Å². The molecule has 1 aliphatic rings. The molecule has 39 heavy (non-hydrogen) atoms. The Bertz CT molecular complexity index is 1560. The lowest BCUT2D eigenvalue weighted by atomic mass is 10.1. The number of hydrogen-bond acceptors (Lipinski definition) is 7. The highest BCUT2D eigenvalue weighted by Crippen LogP contribution is 2.25. The fourth-order valence-electron chi connectivity index (χ4n) is 4.83. The Balaban J connectivity index is 1.25. The van der Waals surface area contributed by atoms with Crippen molar-refractivity contribution in [1.29, 1.82) is 0 Å². The summed E-state index contributed by atoms with van der Waals surface area (Å²) in [5, 5.41) is 17.6. The molecule has 10 heteroatoms. The number of hydrogen-bond donors (Lipinski definition) is 3. The predicted octanol–water partition coefficient (Wildman–Crippen LogP) is 4.09. The number of aromatic nitrogens is 5. The van der Waals surface area contributed by atoms with Gasteiger partial charge in [-0.3, -0.25) is 9.48 Å². The molecule has 1 saturated heterocycles. The summed E-state index contributed by atoms with van der Waals surface area (Å²) in [5.74, 6) is 2.29. The van der Waals surface area contributed by atoms with Crippen LogP contribution in [-0.4, -0.2) is 62.0 Å². The fraction of sp³-hybridized carbons (Fsp3) is 0.241. The second-order valence-corrected chi connectivity index (χ2v) is 9.62. The minimum Gasteiger partial charge on any atom is -0.497 e. The molecule has 10 nitrogen and oxygen atoms in total. The van der Waals surface area contributed by atoms with Crippen LogP contribution in [0.2, 0.25) is 0 Å². The number of carbonyl (C=O) groups excluding carboxylic acids is 1. The largest absolute Gasteiger partial charge is 0.497 e. The summed E-state index contributed by atoms with van der Waals surface area (Å²) in [5.41, 5.74) is 3.96. The van der Waals surface area contributed by atoms with Crippen molar-refractivity contribution in [2.75, 3.05) is 30.4 Å². The van der Waals surface area contributed by atoms with E-state index in [9.17, 15) is 9.90 Å². The van der Waals surface area contributed by atoms with Gasteiger partial charge in [0.25, 0.3) is 5.91 Å². The van der Waals surface area contributed by atoms with Gasteiger partial charge in [0.05, 0.1) is 36.4 Å². The van der Waals surface area contributed by atoms with Gasteiger partial charge in [0.2, 0.25) is 0 Å². The highest BCUT2D eigenvalue weighted by Gasteiger charge is 2.20. The number of methoxy groups -OCH3 is 1. The van der Waals surface area contributed by atoms with Crippen molar-refractivity contribution in [1.82, 2.24) is 24.7 Å². The Kier molecular flexibility index (Phi) is 6.68. The number of carbonyl (C=O) groups is 1. The SMILES string of the molecule is COc1ccc(Cn2nc(NC(=O)c3ccc(N4CCCC(O)C4)nc3)cc2-c2nc3ccccc3[nH]2)cc1. The molecule has 1 unspecified atom stereocenters. The van der Waals surface area contributed by atoms with Crippen molar-refractivity contribution < 1.29 is 14.6 Å². The molecule has 198 valence electrons. The maximum atomic E-state index is 13.1. The molecule has 6 rings (SSSR count). The molecule has 0 saturated carbocycles. The van der Waals surface area contributed by atoms with E-state index in [0.29, 0.717) is 30.3 Å². The van der Waals surface area contributed by atoms with Gasteiger partial charge in [-0.15, -0.1) is 0 Å². The van der Waals surface area contributed by atoms with Gasteiger partial charge < -0.3 is 25.0 Å². The Morgan fingerprint density at radius 1 is 1.15 bits per heavy atom. The van der Waals surface area contributed by atoms with E-state index in [2.05, 4.69) is 15.3 Å². The van der Waals surface area contributed by atoms with Gasteiger partial charge in [-0.25, -0.2) is 9.97 Å². The first kappa shape index (κ1) is 24.6. The molecular weight excluding hydrogens is 494 g/mol. The number of rotatable bonds is 7. The molecule has 0 bridgehead atoms. The maximum Gasteiger partial charge on any atom is 0.258 e. The number of aliphatic hydroxyl groups excluding tert-OH is 1. The topological polar surface area (TPSA) is 121 Å². The molecule has 3 aromatic heterocycles. The first-order chi connectivity index (χ1) is 19.1. The summed E-state index contributed by atoms with van der Waals surface area (Å²) in [6.45, 7) is 1.87. The van der Waals surface area contributed by atoms with E-state index >= 15 is 0 Å². The molecule has 4 heterocycles. The lowest BCUT2D eigenvalue weighted by molar-refractivity contribution is 0.102. The normalized spacial score (nSPS) is 15.4. The minimum absolute atomic E-state index is 0.307. The zero-order chi connectivity index (χ0) is 26.8. The Morgan fingerprint density at radius 3 is 2.74 bits per heavy atom. The number of benzene rings is 2. The molecule has 5 aromatic rings. The van der Waals surface area contributed by atoms with E-state index in [-0.39, 0.29) is 12.0 Å². The molecule has 1 atom stereocenters. The van der Waals surface area contributed by atoms with Crippen LogP contribution in [0.3, 0.4) is 0 Å². The number of anilines is 2. The quantitative estimate of drug-likeness (QED) is 0.294. The lowest BCUT2D eigenvalue weighted by Crippen LogP contribution is -2.38. The summed E-state index contributed by atoms with van der Waals surface area (Å²) in [4.78, 5) is 27.7. The minimum atomic E-state index is -0.350. The van der Waals surface area contributed by atoms with E-state index in [1.165, 1.54) is 0 Å². The monoisotopic (exact) mass is 523 g/mol. The Hall–Kier alpha value is -4.70. The molecule has 3 N–H and O–H groups in total. The zero-order valence-electron chi connectivity index (χ0n) is 21.5. The number of nitrogens with one attached hydrogen (secondary N) is 2. The number of imidazole rings is 1. The highest BCUT2D eigenvalue weighted by atomic mass is 16.5. The van der Waals surface area contributed by atoms with Crippen LogP contribution in [0.25, 0.3) is 22.6 Å². The molecule has 2 aromatic carbocycles. The summed E-state index contributed by atoms with van der Waals surface area (Å²) in [6, 6.07) is 21.0. The van der Waals surface area contributed by atoms with E-state index < -0.39 is 0 Å². The van der Waals surface area contributed by atoms with Crippen molar-refractivity contribution in [2.45, 2.75) is 25.5 Å². The smallest absolute Gasteiger partial charge is 0.258 e.